The molecule has 8 nitrogen and oxygen atoms in total. The van der Waals surface area contributed by atoms with Gasteiger partial charge in [-0.3, -0.25) is 9.67 Å². The van der Waals surface area contributed by atoms with Crippen LogP contribution in [0.5, 0.6) is 0 Å². The largest absolute Gasteiger partial charge is 0.490 e. The second-order valence-corrected chi connectivity index (χ2v) is 12.1. The second kappa shape index (κ2) is 12.5. The molecule has 0 fully saturated rings. The first-order chi connectivity index (χ1) is 21.5. The zero-order valence-electron chi connectivity index (χ0n) is 24.3. The van der Waals surface area contributed by atoms with Crippen LogP contribution in [0.15, 0.2) is 72.6 Å². The van der Waals surface area contributed by atoms with E-state index >= 15 is 0 Å². The summed E-state index contributed by atoms with van der Waals surface area (Å²) in [6.07, 6.45) is 8.27. The molecule has 3 heterocycles. The van der Waals surface area contributed by atoms with Crippen LogP contribution in [0.4, 0.5) is 18.9 Å². The number of benzene rings is 2. The Bertz CT molecular complexity index is 1900. The van der Waals surface area contributed by atoms with Crippen molar-refractivity contribution in [2.45, 2.75) is 63.7 Å². The smallest absolute Gasteiger partial charge is 0.475 e. The molecule has 0 radical (unpaired) electrons. The summed E-state index contributed by atoms with van der Waals surface area (Å²) < 4.78 is 36.0. The first-order valence-electron chi connectivity index (χ1n) is 14.8. The van der Waals surface area contributed by atoms with Crippen LogP contribution >= 0.6 is 11.6 Å². The highest BCUT2D eigenvalue weighted by molar-refractivity contribution is 6.31. The van der Waals surface area contributed by atoms with Gasteiger partial charge in [0, 0.05) is 45.6 Å². The quantitative estimate of drug-likeness (QED) is 0.141. The number of unbranched alkanes of at least 4 members (excludes halogenated alkanes) is 1. The molecule has 3 aromatic heterocycles. The monoisotopic (exact) mass is 636 g/mol. The number of alkyl halides is 3. The Labute approximate surface area is 262 Å². The van der Waals surface area contributed by atoms with Crippen LogP contribution in [0.3, 0.4) is 0 Å². The highest BCUT2D eigenvalue weighted by Gasteiger charge is 2.38. The van der Waals surface area contributed by atoms with Crippen molar-refractivity contribution in [2.75, 3.05) is 5.73 Å². The summed E-state index contributed by atoms with van der Waals surface area (Å²) in [5, 5.41) is 18.9. The molecule has 0 saturated heterocycles. The lowest BCUT2D eigenvalue weighted by molar-refractivity contribution is -0.192. The number of carbonyl (C=O) groups is 1. The fourth-order valence-corrected chi connectivity index (χ4v) is 6.74. The molecular formula is C33H32ClF3N6O2. The molecule has 7 rings (SSSR count). The van der Waals surface area contributed by atoms with E-state index in [1.807, 2.05) is 22.9 Å². The van der Waals surface area contributed by atoms with Crippen molar-refractivity contribution in [3.8, 4) is 0 Å². The van der Waals surface area contributed by atoms with E-state index in [1.165, 1.54) is 28.6 Å². The van der Waals surface area contributed by atoms with Crippen LogP contribution in [-0.2, 0) is 24.3 Å². The highest BCUT2D eigenvalue weighted by Crippen LogP contribution is 2.47. The van der Waals surface area contributed by atoms with E-state index in [0.29, 0.717) is 16.9 Å². The van der Waals surface area contributed by atoms with E-state index in [-0.39, 0.29) is 0 Å². The molecule has 2 atom stereocenters. The number of fused-ring (bicyclic) bond motifs is 6. The van der Waals surface area contributed by atoms with E-state index in [1.54, 1.807) is 5.57 Å². The Morgan fingerprint density at radius 2 is 1.91 bits per heavy atom. The normalized spacial score (nSPS) is 17.5. The number of para-hydroxylation sites is 1. The number of aliphatic carboxylic acids is 1. The summed E-state index contributed by atoms with van der Waals surface area (Å²) in [7, 11) is 0. The number of aryl methyl sites for hydroxylation is 1. The Kier molecular flexibility index (Phi) is 8.54. The zero-order valence-corrected chi connectivity index (χ0v) is 25.1. The number of nitrogens with zero attached hydrogens (tertiary/aromatic N) is 5. The maximum atomic E-state index is 10.6. The number of halogens is 4. The second-order valence-electron chi connectivity index (χ2n) is 11.7. The number of pyridine rings is 1. The number of nitrogens with two attached hydrogens (primary N) is 1. The van der Waals surface area contributed by atoms with Gasteiger partial charge in [0.1, 0.15) is 5.69 Å². The summed E-state index contributed by atoms with van der Waals surface area (Å²) in [6.45, 7) is 1.64. The van der Waals surface area contributed by atoms with E-state index in [9.17, 15) is 13.2 Å². The van der Waals surface area contributed by atoms with Crippen molar-refractivity contribution < 1.29 is 23.1 Å². The molecule has 2 bridgehead atoms. The molecule has 234 valence electrons. The molecule has 3 N–H and O–H groups in total. The van der Waals surface area contributed by atoms with Gasteiger partial charge in [-0.05, 0) is 86.1 Å². The number of anilines is 1. The molecule has 12 heteroatoms. The van der Waals surface area contributed by atoms with Crippen molar-refractivity contribution in [3.05, 3.63) is 94.5 Å². The van der Waals surface area contributed by atoms with Gasteiger partial charge in [0.25, 0.3) is 0 Å². The summed E-state index contributed by atoms with van der Waals surface area (Å²) in [4.78, 5) is 13.9. The molecule has 2 aromatic carbocycles. The summed E-state index contributed by atoms with van der Waals surface area (Å²) in [5.41, 5.74) is 14.8. The minimum absolute atomic E-state index is 0.471. The summed E-state index contributed by atoms with van der Waals surface area (Å²) in [6, 6.07) is 16.4. The first kappa shape index (κ1) is 30.6. The highest BCUT2D eigenvalue weighted by atomic mass is 35.5. The number of nitrogen functional groups attached to an aromatic ring is 1. The van der Waals surface area contributed by atoms with Crippen molar-refractivity contribution in [1.29, 1.82) is 0 Å². The van der Waals surface area contributed by atoms with Crippen LogP contribution < -0.4 is 5.73 Å². The molecule has 2 unspecified atom stereocenters. The molecule has 2 aliphatic carbocycles. The van der Waals surface area contributed by atoms with E-state index in [2.05, 4.69) is 63.7 Å². The van der Waals surface area contributed by atoms with Crippen LogP contribution in [0.2, 0.25) is 5.02 Å². The standard InChI is InChI=1S/C31H31ClN6.C2HF3O2/c32-24-8-9-26-27(17-24)34-28-16-21-13-20(14-23(15-21)30(28)31(26)33)5-3-4-11-38-19-25(35-36-38)18-37-12-10-22-6-1-2-7-29(22)37;3-2(4,5)1(6)7/h1-2,6-10,12-13,17,19,21,23H,3-5,11,14-16,18H2,(H2,33,34);(H,6,7). The van der Waals surface area contributed by atoms with E-state index in [4.69, 9.17) is 32.2 Å². The average molecular weight is 637 g/mol. The van der Waals surface area contributed by atoms with Crippen LogP contribution in [0, 0.1) is 5.92 Å². The predicted molar refractivity (Wildman–Crippen MR) is 167 cm³/mol. The lowest BCUT2D eigenvalue weighted by Crippen LogP contribution is -2.24. The summed E-state index contributed by atoms with van der Waals surface area (Å²) >= 11 is 6.22. The molecule has 5 aromatic rings. The Balaban J connectivity index is 0.000000460. The van der Waals surface area contributed by atoms with Crippen molar-refractivity contribution in [1.82, 2.24) is 24.5 Å². The molecule has 2 aliphatic rings. The number of allylic oxidation sites excluding steroid dienone is 2. The van der Waals surface area contributed by atoms with Crippen molar-refractivity contribution in [3.63, 3.8) is 0 Å². The summed E-state index contributed by atoms with van der Waals surface area (Å²) in [5.74, 6) is -1.73. The van der Waals surface area contributed by atoms with Gasteiger partial charge in [0.2, 0.25) is 0 Å². The fourth-order valence-electron chi connectivity index (χ4n) is 6.57. The molecule has 45 heavy (non-hydrogen) atoms. The van der Waals surface area contributed by atoms with Gasteiger partial charge < -0.3 is 15.4 Å². The number of aromatic nitrogens is 5. The Hall–Kier alpha value is -4.38. The third-order valence-corrected chi connectivity index (χ3v) is 8.75. The van der Waals surface area contributed by atoms with Gasteiger partial charge in [-0.25, -0.2) is 4.79 Å². The Morgan fingerprint density at radius 1 is 1.11 bits per heavy atom. The maximum Gasteiger partial charge on any atom is 0.490 e. The molecule has 0 aliphatic heterocycles. The maximum absolute atomic E-state index is 10.6. The topological polar surface area (TPSA) is 112 Å². The van der Waals surface area contributed by atoms with Crippen molar-refractivity contribution >= 4 is 45.1 Å². The van der Waals surface area contributed by atoms with Gasteiger partial charge in [-0.1, -0.05) is 46.7 Å². The van der Waals surface area contributed by atoms with E-state index in [0.717, 1.165) is 67.5 Å². The number of rotatable bonds is 7. The third-order valence-electron chi connectivity index (χ3n) is 8.51. The van der Waals surface area contributed by atoms with Crippen LogP contribution in [0.1, 0.15) is 55.0 Å². The molecular weight excluding hydrogens is 605 g/mol. The number of carboxylic acid groups (broad SMARTS) is 1. The zero-order chi connectivity index (χ0) is 31.7. The van der Waals surface area contributed by atoms with Gasteiger partial charge in [0.15, 0.2) is 0 Å². The predicted octanol–water partition coefficient (Wildman–Crippen LogP) is 7.54. The van der Waals surface area contributed by atoms with Gasteiger partial charge in [0.05, 0.1) is 18.3 Å². The number of carboxylic acids is 1. The van der Waals surface area contributed by atoms with Crippen LogP contribution in [-0.4, -0.2) is 41.8 Å². The SMILES string of the molecule is Nc1c2c(nc3cc(Cl)ccc13)CC1C=C(CCCCn3cc(Cn4ccc5ccccc54)nn3)CC2C1.O=C(O)C(F)(F)F. The van der Waals surface area contributed by atoms with Gasteiger partial charge >= 0.3 is 12.1 Å². The third kappa shape index (κ3) is 6.83. The first-order valence-corrected chi connectivity index (χ1v) is 15.2. The Morgan fingerprint density at radius 3 is 2.71 bits per heavy atom. The van der Waals surface area contributed by atoms with Gasteiger partial charge in [-0.15, -0.1) is 5.10 Å². The lowest BCUT2D eigenvalue weighted by atomic mass is 9.70. The average Bonchev–Trinajstić information content (AvgIpc) is 3.62. The molecule has 0 saturated carbocycles. The molecule has 0 amide bonds. The lowest BCUT2D eigenvalue weighted by Gasteiger charge is -2.36. The molecule has 0 spiro atoms. The number of hydrogen-bond acceptors (Lipinski definition) is 5. The van der Waals surface area contributed by atoms with Gasteiger partial charge in [-0.2, -0.15) is 13.2 Å². The minimum atomic E-state index is -5.08. The fraction of sp³-hybridized carbons (Fsp3) is 0.333. The minimum Gasteiger partial charge on any atom is -0.475 e. The van der Waals surface area contributed by atoms with E-state index < -0.39 is 12.1 Å². The van der Waals surface area contributed by atoms with Crippen LogP contribution in [0.25, 0.3) is 21.8 Å². The number of hydrogen-bond donors (Lipinski definition) is 2. The van der Waals surface area contributed by atoms with Crippen molar-refractivity contribution in [2.24, 2.45) is 5.92 Å².